The molecule has 2 aromatic carbocycles. The van der Waals surface area contributed by atoms with E-state index in [0.29, 0.717) is 35.2 Å². The van der Waals surface area contributed by atoms with Crippen molar-refractivity contribution in [2.75, 3.05) is 21.3 Å². The van der Waals surface area contributed by atoms with Gasteiger partial charge in [-0.15, -0.1) is 0 Å². The molecule has 0 heterocycles. The van der Waals surface area contributed by atoms with Crippen molar-refractivity contribution in [3.8, 4) is 11.5 Å². The number of methoxy groups -OCH3 is 2. The van der Waals surface area contributed by atoms with E-state index in [1.54, 1.807) is 26.4 Å². The molecule has 5 heteroatoms. The molecule has 2 aromatic rings. The van der Waals surface area contributed by atoms with Crippen molar-refractivity contribution in [2.45, 2.75) is 13.1 Å². The largest absolute Gasteiger partial charge is 0.493 e. The summed E-state index contributed by atoms with van der Waals surface area (Å²) in [4.78, 5) is 2.01. The summed E-state index contributed by atoms with van der Waals surface area (Å²) in [6.07, 6.45) is 0. The first-order valence-corrected chi connectivity index (χ1v) is 7.25. The summed E-state index contributed by atoms with van der Waals surface area (Å²) in [7, 11) is 5.05. The van der Waals surface area contributed by atoms with Crippen molar-refractivity contribution in [3.05, 3.63) is 58.4 Å². The predicted molar refractivity (Wildman–Crippen MR) is 86.1 cm³/mol. The Hall–Kier alpha value is -1.78. The molecule has 0 aromatic heterocycles. The van der Waals surface area contributed by atoms with Crippen LogP contribution in [-0.2, 0) is 13.1 Å². The molecule has 0 aliphatic heterocycles. The SMILES string of the molecule is COc1cc(CN(C)Cc2ccccc2F)cc(Cl)c1OC. The van der Waals surface area contributed by atoms with Crippen LogP contribution in [0.15, 0.2) is 36.4 Å². The third-order valence-corrected chi connectivity index (χ3v) is 3.62. The van der Waals surface area contributed by atoms with Gasteiger partial charge in [-0.1, -0.05) is 29.8 Å². The van der Waals surface area contributed by atoms with E-state index < -0.39 is 0 Å². The molecule has 0 atom stereocenters. The molecule has 3 nitrogen and oxygen atoms in total. The Morgan fingerprint density at radius 1 is 1.09 bits per heavy atom. The maximum atomic E-state index is 13.7. The first kappa shape index (κ1) is 16.6. The van der Waals surface area contributed by atoms with Crippen LogP contribution in [0.4, 0.5) is 4.39 Å². The third-order valence-electron chi connectivity index (χ3n) is 3.34. The monoisotopic (exact) mass is 323 g/mol. The van der Waals surface area contributed by atoms with Crippen LogP contribution in [0.1, 0.15) is 11.1 Å². The summed E-state index contributed by atoms with van der Waals surface area (Å²) in [5.74, 6) is 0.911. The average Bonchev–Trinajstić information content (AvgIpc) is 2.49. The number of nitrogens with zero attached hydrogens (tertiary/aromatic N) is 1. The zero-order chi connectivity index (χ0) is 16.1. The Balaban J connectivity index is 2.13. The topological polar surface area (TPSA) is 21.7 Å². The molecule has 22 heavy (non-hydrogen) atoms. The molecule has 2 rings (SSSR count). The lowest BCUT2D eigenvalue weighted by Gasteiger charge is -2.19. The smallest absolute Gasteiger partial charge is 0.179 e. The maximum absolute atomic E-state index is 13.7. The lowest BCUT2D eigenvalue weighted by Crippen LogP contribution is -2.18. The third kappa shape index (κ3) is 3.90. The van der Waals surface area contributed by atoms with Crippen molar-refractivity contribution >= 4 is 11.6 Å². The number of hydrogen-bond donors (Lipinski definition) is 0. The van der Waals surface area contributed by atoms with E-state index in [0.717, 1.165) is 5.56 Å². The number of hydrogen-bond acceptors (Lipinski definition) is 3. The Bertz CT molecular complexity index is 649. The van der Waals surface area contributed by atoms with Gasteiger partial charge in [-0.3, -0.25) is 4.90 Å². The van der Waals surface area contributed by atoms with Crippen LogP contribution >= 0.6 is 11.6 Å². The van der Waals surface area contributed by atoms with Crippen molar-refractivity contribution in [3.63, 3.8) is 0 Å². The highest BCUT2D eigenvalue weighted by Crippen LogP contribution is 2.36. The molecular formula is C17H19ClFNO2. The van der Waals surface area contributed by atoms with E-state index in [2.05, 4.69) is 0 Å². The maximum Gasteiger partial charge on any atom is 0.179 e. The van der Waals surface area contributed by atoms with Gasteiger partial charge in [0, 0.05) is 18.7 Å². The van der Waals surface area contributed by atoms with E-state index in [1.807, 2.05) is 30.1 Å². The highest BCUT2D eigenvalue weighted by Gasteiger charge is 2.12. The molecule has 0 amide bonds. The quantitative estimate of drug-likeness (QED) is 0.798. The standard InChI is InChI=1S/C17H19ClFNO2/c1-20(11-13-6-4-5-7-15(13)19)10-12-8-14(18)17(22-3)16(9-12)21-2/h4-9H,10-11H2,1-3H3. The number of ether oxygens (including phenoxy) is 2. The lowest BCUT2D eigenvalue weighted by atomic mass is 10.1. The Morgan fingerprint density at radius 3 is 2.45 bits per heavy atom. The minimum atomic E-state index is -0.195. The van der Waals surface area contributed by atoms with Crippen molar-refractivity contribution in [1.82, 2.24) is 4.90 Å². The van der Waals surface area contributed by atoms with Crippen molar-refractivity contribution in [2.24, 2.45) is 0 Å². The van der Waals surface area contributed by atoms with Crippen LogP contribution in [0, 0.1) is 5.82 Å². The Kier molecular flexibility index (Phi) is 5.63. The molecule has 0 unspecified atom stereocenters. The minimum Gasteiger partial charge on any atom is -0.493 e. The molecule has 0 radical (unpaired) electrons. The van der Waals surface area contributed by atoms with Gasteiger partial charge in [0.05, 0.1) is 19.2 Å². The van der Waals surface area contributed by atoms with Gasteiger partial charge in [0.25, 0.3) is 0 Å². The van der Waals surface area contributed by atoms with E-state index in [9.17, 15) is 4.39 Å². The van der Waals surface area contributed by atoms with E-state index in [4.69, 9.17) is 21.1 Å². The Morgan fingerprint density at radius 2 is 1.82 bits per heavy atom. The molecule has 0 saturated heterocycles. The van der Waals surface area contributed by atoms with E-state index >= 15 is 0 Å². The lowest BCUT2D eigenvalue weighted by molar-refractivity contribution is 0.311. The molecule has 118 valence electrons. The molecule has 0 fully saturated rings. The number of benzene rings is 2. The molecule has 0 aliphatic carbocycles. The van der Waals surface area contributed by atoms with Gasteiger partial charge in [-0.2, -0.15) is 0 Å². The van der Waals surface area contributed by atoms with E-state index in [1.165, 1.54) is 6.07 Å². The van der Waals surface area contributed by atoms with Gasteiger partial charge in [0.15, 0.2) is 11.5 Å². The second kappa shape index (κ2) is 7.47. The summed E-state index contributed by atoms with van der Waals surface area (Å²) in [5, 5.41) is 0.496. The second-order valence-corrected chi connectivity index (χ2v) is 5.48. The van der Waals surface area contributed by atoms with Crippen LogP contribution in [0.2, 0.25) is 5.02 Å². The van der Waals surface area contributed by atoms with Gasteiger partial charge in [0.1, 0.15) is 5.82 Å². The molecular weight excluding hydrogens is 305 g/mol. The van der Waals surface area contributed by atoms with Crippen LogP contribution in [-0.4, -0.2) is 26.2 Å². The summed E-state index contributed by atoms with van der Waals surface area (Å²) >= 11 is 6.20. The Labute approximate surface area is 135 Å². The van der Waals surface area contributed by atoms with E-state index in [-0.39, 0.29) is 5.82 Å². The average molecular weight is 324 g/mol. The first-order chi connectivity index (χ1) is 10.5. The fourth-order valence-electron chi connectivity index (χ4n) is 2.35. The van der Waals surface area contributed by atoms with Crippen LogP contribution in [0.5, 0.6) is 11.5 Å². The van der Waals surface area contributed by atoms with Crippen LogP contribution < -0.4 is 9.47 Å². The summed E-state index contributed by atoms with van der Waals surface area (Å²) in [6.45, 7) is 1.13. The van der Waals surface area contributed by atoms with Gasteiger partial charge in [0.2, 0.25) is 0 Å². The molecule has 0 saturated carbocycles. The van der Waals surface area contributed by atoms with Crippen LogP contribution in [0.25, 0.3) is 0 Å². The fraction of sp³-hybridized carbons (Fsp3) is 0.294. The summed E-state index contributed by atoms with van der Waals surface area (Å²) in [6, 6.07) is 10.5. The normalized spacial score (nSPS) is 10.8. The zero-order valence-electron chi connectivity index (χ0n) is 12.9. The van der Waals surface area contributed by atoms with Gasteiger partial charge in [-0.05, 0) is 30.8 Å². The zero-order valence-corrected chi connectivity index (χ0v) is 13.7. The highest BCUT2D eigenvalue weighted by atomic mass is 35.5. The predicted octanol–water partition coefficient (Wildman–Crippen LogP) is 4.13. The van der Waals surface area contributed by atoms with Crippen molar-refractivity contribution in [1.29, 1.82) is 0 Å². The minimum absolute atomic E-state index is 0.195. The molecule has 0 aliphatic rings. The highest BCUT2D eigenvalue weighted by molar-refractivity contribution is 6.32. The molecule has 0 spiro atoms. The summed E-state index contributed by atoms with van der Waals surface area (Å²) < 4.78 is 24.2. The van der Waals surface area contributed by atoms with Gasteiger partial charge in [-0.25, -0.2) is 4.39 Å². The summed E-state index contributed by atoms with van der Waals surface area (Å²) in [5.41, 5.74) is 1.64. The van der Waals surface area contributed by atoms with Gasteiger partial charge >= 0.3 is 0 Å². The molecule has 0 bridgehead atoms. The fourth-order valence-corrected chi connectivity index (χ4v) is 2.66. The van der Waals surface area contributed by atoms with Crippen LogP contribution in [0.3, 0.4) is 0 Å². The van der Waals surface area contributed by atoms with Gasteiger partial charge < -0.3 is 9.47 Å². The number of rotatable bonds is 6. The molecule has 0 N–H and O–H groups in total. The van der Waals surface area contributed by atoms with Crippen molar-refractivity contribution < 1.29 is 13.9 Å². The second-order valence-electron chi connectivity index (χ2n) is 5.08. The first-order valence-electron chi connectivity index (χ1n) is 6.87. The number of halogens is 2.